The van der Waals surface area contributed by atoms with Gasteiger partial charge in [-0.25, -0.2) is 4.98 Å². The Labute approximate surface area is 159 Å². The molecule has 7 heteroatoms. The highest BCUT2D eigenvalue weighted by molar-refractivity contribution is 7.12. The van der Waals surface area contributed by atoms with Gasteiger partial charge in [-0.1, -0.05) is 6.07 Å². The summed E-state index contributed by atoms with van der Waals surface area (Å²) in [5.41, 5.74) is 4.00. The number of carbonyl (C=O) groups is 2. The molecular formula is C20H16N4O2S. The summed E-state index contributed by atoms with van der Waals surface area (Å²) in [5, 5.41) is 7.50. The summed E-state index contributed by atoms with van der Waals surface area (Å²) in [4.78, 5) is 31.8. The van der Waals surface area contributed by atoms with Crippen LogP contribution >= 0.6 is 11.3 Å². The Hall–Kier alpha value is -3.45. The van der Waals surface area contributed by atoms with Gasteiger partial charge >= 0.3 is 0 Å². The molecule has 4 aromatic rings. The quantitative estimate of drug-likeness (QED) is 0.490. The maximum absolute atomic E-state index is 12.1. The van der Waals surface area contributed by atoms with Gasteiger partial charge in [0.05, 0.1) is 15.9 Å². The van der Waals surface area contributed by atoms with E-state index in [9.17, 15) is 9.59 Å². The van der Waals surface area contributed by atoms with Crippen molar-refractivity contribution in [3.63, 3.8) is 0 Å². The molecule has 0 saturated heterocycles. The fourth-order valence-electron chi connectivity index (χ4n) is 2.74. The molecule has 2 aromatic heterocycles. The topological polar surface area (TPSA) is 86.9 Å². The van der Waals surface area contributed by atoms with Gasteiger partial charge in [0.25, 0.3) is 5.91 Å². The standard InChI is InChI=1S/C20H16N4O2S/c1-12(25)21-15-8-9-16-17(11-15)24-19(23-16)13-4-6-14(7-5-13)22-20(26)18-3-2-10-27-18/h2-11H,1H3,(H,21,25)(H,22,26)(H,23,24). The Kier molecular flexibility index (Phi) is 4.43. The van der Waals surface area contributed by atoms with Crippen molar-refractivity contribution in [1.29, 1.82) is 0 Å². The first-order valence-corrected chi connectivity index (χ1v) is 9.19. The van der Waals surface area contributed by atoms with Crippen molar-refractivity contribution in [2.24, 2.45) is 0 Å². The lowest BCUT2D eigenvalue weighted by molar-refractivity contribution is -0.114. The monoisotopic (exact) mass is 376 g/mol. The summed E-state index contributed by atoms with van der Waals surface area (Å²) in [5.74, 6) is 0.488. The summed E-state index contributed by atoms with van der Waals surface area (Å²) >= 11 is 1.40. The van der Waals surface area contributed by atoms with Gasteiger partial charge in [-0.05, 0) is 53.9 Å². The molecule has 0 fully saturated rings. The largest absolute Gasteiger partial charge is 0.338 e. The number of rotatable bonds is 4. The average molecular weight is 376 g/mol. The van der Waals surface area contributed by atoms with Crippen LogP contribution in [0, 0.1) is 0 Å². The van der Waals surface area contributed by atoms with E-state index in [1.54, 1.807) is 6.07 Å². The van der Waals surface area contributed by atoms with E-state index in [4.69, 9.17) is 0 Å². The van der Waals surface area contributed by atoms with Crippen LogP contribution in [0.4, 0.5) is 11.4 Å². The molecule has 4 rings (SSSR count). The van der Waals surface area contributed by atoms with Gasteiger partial charge in [0, 0.05) is 23.9 Å². The number of thiophene rings is 1. The zero-order valence-corrected chi connectivity index (χ0v) is 15.3. The van der Waals surface area contributed by atoms with Crippen LogP contribution in [-0.2, 0) is 4.79 Å². The molecule has 0 aliphatic carbocycles. The molecule has 0 spiro atoms. The van der Waals surface area contributed by atoms with Gasteiger partial charge in [-0.15, -0.1) is 11.3 Å². The lowest BCUT2D eigenvalue weighted by atomic mass is 10.2. The summed E-state index contributed by atoms with van der Waals surface area (Å²) in [6.45, 7) is 1.47. The van der Waals surface area contributed by atoms with E-state index in [0.29, 0.717) is 4.88 Å². The first kappa shape index (κ1) is 17.0. The number of carbonyl (C=O) groups excluding carboxylic acids is 2. The number of aromatic amines is 1. The van der Waals surface area contributed by atoms with Crippen molar-refractivity contribution in [1.82, 2.24) is 9.97 Å². The Morgan fingerprint density at radius 3 is 2.48 bits per heavy atom. The van der Waals surface area contributed by atoms with Crippen LogP contribution in [0.25, 0.3) is 22.4 Å². The molecule has 6 nitrogen and oxygen atoms in total. The lowest BCUT2D eigenvalue weighted by Crippen LogP contribution is -2.09. The second-order valence-corrected chi connectivity index (χ2v) is 6.95. The van der Waals surface area contributed by atoms with Crippen LogP contribution in [0.1, 0.15) is 16.6 Å². The zero-order valence-electron chi connectivity index (χ0n) is 14.4. The normalized spacial score (nSPS) is 10.7. The molecule has 3 N–H and O–H groups in total. The van der Waals surface area contributed by atoms with Gasteiger partial charge in [0.2, 0.25) is 5.91 Å². The molecule has 2 amide bonds. The third-order valence-electron chi connectivity index (χ3n) is 3.96. The van der Waals surface area contributed by atoms with Crippen molar-refractivity contribution < 1.29 is 9.59 Å². The van der Waals surface area contributed by atoms with Crippen LogP contribution in [0.5, 0.6) is 0 Å². The van der Waals surface area contributed by atoms with E-state index < -0.39 is 0 Å². The van der Waals surface area contributed by atoms with Gasteiger partial charge in [-0.2, -0.15) is 0 Å². The smallest absolute Gasteiger partial charge is 0.265 e. The Bertz CT molecular complexity index is 1110. The van der Waals surface area contributed by atoms with E-state index in [2.05, 4.69) is 20.6 Å². The number of nitrogens with zero attached hydrogens (tertiary/aromatic N) is 1. The maximum atomic E-state index is 12.1. The second-order valence-electron chi connectivity index (χ2n) is 6.01. The van der Waals surface area contributed by atoms with Crippen LogP contribution in [0.2, 0.25) is 0 Å². The summed E-state index contributed by atoms with van der Waals surface area (Å²) in [6.07, 6.45) is 0. The Morgan fingerprint density at radius 1 is 1.00 bits per heavy atom. The van der Waals surface area contributed by atoms with Gasteiger partial charge in [-0.3, -0.25) is 9.59 Å². The van der Waals surface area contributed by atoms with Gasteiger partial charge in [0.15, 0.2) is 0 Å². The Morgan fingerprint density at radius 2 is 1.78 bits per heavy atom. The summed E-state index contributed by atoms with van der Waals surface area (Å²) in [7, 11) is 0. The molecule has 0 radical (unpaired) electrons. The number of hydrogen-bond acceptors (Lipinski definition) is 4. The van der Waals surface area contributed by atoms with E-state index in [1.807, 2.05) is 53.9 Å². The van der Waals surface area contributed by atoms with Crippen molar-refractivity contribution in [3.05, 3.63) is 64.9 Å². The van der Waals surface area contributed by atoms with E-state index in [-0.39, 0.29) is 11.8 Å². The van der Waals surface area contributed by atoms with Crippen LogP contribution < -0.4 is 10.6 Å². The molecule has 2 aromatic carbocycles. The number of anilines is 2. The van der Waals surface area contributed by atoms with E-state index in [1.165, 1.54) is 18.3 Å². The first-order valence-electron chi connectivity index (χ1n) is 8.31. The van der Waals surface area contributed by atoms with E-state index >= 15 is 0 Å². The molecule has 0 bridgehead atoms. The molecule has 0 atom stereocenters. The van der Waals surface area contributed by atoms with Gasteiger partial charge in [0.1, 0.15) is 5.82 Å². The molecule has 2 heterocycles. The number of aromatic nitrogens is 2. The molecular weight excluding hydrogens is 360 g/mol. The number of fused-ring (bicyclic) bond motifs is 1. The minimum atomic E-state index is -0.119. The fourth-order valence-corrected chi connectivity index (χ4v) is 3.36. The number of imidazole rings is 1. The zero-order chi connectivity index (χ0) is 18.8. The van der Waals surface area contributed by atoms with Crippen LogP contribution in [0.3, 0.4) is 0 Å². The summed E-state index contributed by atoms with van der Waals surface area (Å²) < 4.78 is 0. The minimum absolute atomic E-state index is 0.116. The number of benzene rings is 2. The van der Waals surface area contributed by atoms with E-state index in [0.717, 1.165) is 33.8 Å². The molecule has 0 aliphatic heterocycles. The average Bonchev–Trinajstić information content (AvgIpc) is 3.31. The highest BCUT2D eigenvalue weighted by Crippen LogP contribution is 2.24. The molecule has 0 aliphatic rings. The predicted octanol–water partition coefficient (Wildman–Crippen LogP) is 4.50. The highest BCUT2D eigenvalue weighted by atomic mass is 32.1. The Balaban J connectivity index is 1.54. The summed E-state index contributed by atoms with van der Waals surface area (Å²) in [6, 6.07) is 16.6. The first-order chi connectivity index (χ1) is 13.1. The number of H-pyrrole nitrogens is 1. The third-order valence-corrected chi connectivity index (χ3v) is 4.83. The van der Waals surface area contributed by atoms with Crippen molar-refractivity contribution in [3.8, 4) is 11.4 Å². The number of hydrogen-bond donors (Lipinski definition) is 3. The van der Waals surface area contributed by atoms with Crippen molar-refractivity contribution in [2.45, 2.75) is 6.92 Å². The fraction of sp³-hybridized carbons (Fsp3) is 0.0500. The molecule has 27 heavy (non-hydrogen) atoms. The van der Waals surface area contributed by atoms with Crippen LogP contribution in [0.15, 0.2) is 60.0 Å². The highest BCUT2D eigenvalue weighted by Gasteiger charge is 2.09. The maximum Gasteiger partial charge on any atom is 0.265 e. The van der Waals surface area contributed by atoms with Crippen molar-refractivity contribution >= 4 is 45.6 Å². The minimum Gasteiger partial charge on any atom is -0.338 e. The SMILES string of the molecule is CC(=O)Nc1ccc2nc(-c3ccc(NC(=O)c4cccs4)cc3)[nH]c2c1. The second kappa shape index (κ2) is 7.05. The molecule has 0 unspecified atom stereocenters. The lowest BCUT2D eigenvalue weighted by Gasteiger charge is -2.04. The van der Waals surface area contributed by atoms with Crippen LogP contribution in [-0.4, -0.2) is 21.8 Å². The third kappa shape index (κ3) is 3.73. The molecule has 0 saturated carbocycles. The van der Waals surface area contributed by atoms with Gasteiger partial charge < -0.3 is 15.6 Å². The molecule has 134 valence electrons. The van der Waals surface area contributed by atoms with Crippen molar-refractivity contribution in [2.75, 3.05) is 10.6 Å². The number of amides is 2. The number of nitrogens with one attached hydrogen (secondary N) is 3. The predicted molar refractivity (Wildman–Crippen MR) is 108 cm³/mol.